The van der Waals surface area contributed by atoms with Gasteiger partial charge in [-0.15, -0.1) is 11.3 Å². The number of carboxylic acid groups (broad SMARTS) is 1. The summed E-state index contributed by atoms with van der Waals surface area (Å²) in [6.45, 7) is 4.97. The van der Waals surface area contributed by atoms with Crippen LogP contribution in [0.3, 0.4) is 0 Å². The van der Waals surface area contributed by atoms with Gasteiger partial charge in [0, 0.05) is 38.1 Å². The lowest BCUT2D eigenvalue weighted by Crippen LogP contribution is -2.49. The summed E-state index contributed by atoms with van der Waals surface area (Å²) in [5.41, 5.74) is 6.20. The maximum absolute atomic E-state index is 12.3. The number of carbonyl (C=O) groups excluding carboxylic acids is 1. The monoisotopic (exact) mass is 312 g/mol. The SMILES string of the molecule is CC(N)c1nc(C(=O)N2CCN(CCC(=O)O)CC2)cs1. The smallest absolute Gasteiger partial charge is 0.304 e. The van der Waals surface area contributed by atoms with Crippen molar-refractivity contribution in [3.8, 4) is 0 Å². The van der Waals surface area contributed by atoms with Crippen molar-refractivity contribution < 1.29 is 14.7 Å². The van der Waals surface area contributed by atoms with Crippen LogP contribution >= 0.6 is 11.3 Å². The van der Waals surface area contributed by atoms with Crippen LogP contribution in [0.1, 0.15) is 34.9 Å². The molecule has 2 heterocycles. The van der Waals surface area contributed by atoms with Crippen LogP contribution in [-0.2, 0) is 4.79 Å². The Hall–Kier alpha value is -1.51. The molecule has 1 aromatic heterocycles. The normalized spacial score (nSPS) is 17.7. The maximum atomic E-state index is 12.3. The van der Waals surface area contributed by atoms with Crippen LogP contribution in [0.5, 0.6) is 0 Å². The first-order chi connectivity index (χ1) is 9.97. The predicted octanol–water partition coefficient (Wildman–Crippen LogP) is 0.395. The maximum Gasteiger partial charge on any atom is 0.304 e. The fourth-order valence-electron chi connectivity index (χ4n) is 2.19. The van der Waals surface area contributed by atoms with Gasteiger partial charge in [0.05, 0.1) is 12.5 Å². The zero-order chi connectivity index (χ0) is 15.4. The van der Waals surface area contributed by atoms with E-state index in [1.54, 1.807) is 10.3 Å². The molecule has 0 aromatic carbocycles. The van der Waals surface area contributed by atoms with Crippen LogP contribution < -0.4 is 5.73 Å². The third-order valence-electron chi connectivity index (χ3n) is 3.43. The van der Waals surface area contributed by atoms with Gasteiger partial charge >= 0.3 is 5.97 Å². The second-order valence-corrected chi connectivity index (χ2v) is 6.03. The number of nitrogens with zero attached hydrogens (tertiary/aromatic N) is 3. The van der Waals surface area contributed by atoms with E-state index in [0.29, 0.717) is 38.4 Å². The third kappa shape index (κ3) is 4.23. The number of carboxylic acids is 1. The molecule has 1 aliphatic rings. The highest BCUT2D eigenvalue weighted by atomic mass is 32.1. The molecular formula is C13H20N4O3S. The summed E-state index contributed by atoms with van der Waals surface area (Å²) >= 11 is 1.40. The van der Waals surface area contributed by atoms with E-state index in [9.17, 15) is 9.59 Å². The standard InChI is InChI=1S/C13H20N4O3S/c1-9(14)12-15-10(8-21-12)13(20)17-6-4-16(5-7-17)3-2-11(18)19/h8-9H,2-7,14H2,1H3,(H,18,19). The number of piperazine rings is 1. The summed E-state index contributed by atoms with van der Waals surface area (Å²) in [7, 11) is 0. The summed E-state index contributed by atoms with van der Waals surface area (Å²) in [5.74, 6) is -0.865. The van der Waals surface area contributed by atoms with Crippen molar-refractivity contribution in [1.29, 1.82) is 0 Å². The summed E-state index contributed by atoms with van der Waals surface area (Å²) in [5, 5.41) is 11.2. The predicted molar refractivity (Wildman–Crippen MR) is 79.3 cm³/mol. The Morgan fingerprint density at radius 3 is 2.62 bits per heavy atom. The minimum absolute atomic E-state index is 0.0731. The first-order valence-electron chi connectivity index (χ1n) is 6.92. The highest BCUT2D eigenvalue weighted by molar-refractivity contribution is 7.09. The molecule has 0 spiro atoms. The van der Waals surface area contributed by atoms with Gasteiger partial charge in [-0.05, 0) is 6.92 Å². The van der Waals surface area contributed by atoms with E-state index >= 15 is 0 Å². The molecule has 1 aromatic rings. The molecule has 116 valence electrons. The summed E-state index contributed by atoms with van der Waals surface area (Å²) in [4.78, 5) is 31.0. The quantitative estimate of drug-likeness (QED) is 0.816. The van der Waals surface area contributed by atoms with Gasteiger partial charge in [-0.3, -0.25) is 14.5 Å². The number of hydrogen-bond donors (Lipinski definition) is 2. The molecule has 2 rings (SSSR count). The van der Waals surface area contributed by atoms with Gasteiger partial charge in [-0.2, -0.15) is 0 Å². The fourth-order valence-corrected chi connectivity index (χ4v) is 2.94. The second kappa shape index (κ2) is 6.97. The van der Waals surface area contributed by atoms with Crippen LogP contribution in [0.15, 0.2) is 5.38 Å². The zero-order valence-corrected chi connectivity index (χ0v) is 12.8. The molecule has 1 saturated heterocycles. The number of rotatable bonds is 5. The van der Waals surface area contributed by atoms with Gasteiger partial charge in [0.25, 0.3) is 5.91 Å². The van der Waals surface area contributed by atoms with Gasteiger partial charge < -0.3 is 15.7 Å². The fraction of sp³-hybridized carbons (Fsp3) is 0.615. The number of amides is 1. The van der Waals surface area contributed by atoms with E-state index in [4.69, 9.17) is 10.8 Å². The van der Waals surface area contributed by atoms with E-state index in [-0.39, 0.29) is 18.4 Å². The van der Waals surface area contributed by atoms with Gasteiger partial charge in [-0.25, -0.2) is 4.98 Å². The highest BCUT2D eigenvalue weighted by Gasteiger charge is 2.24. The van der Waals surface area contributed by atoms with Crippen molar-refractivity contribution in [3.63, 3.8) is 0 Å². The molecule has 3 N–H and O–H groups in total. The summed E-state index contributed by atoms with van der Waals surface area (Å²) in [6, 6.07) is -0.163. The molecule has 7 nitrogen and oxygen atoms in total. The van der Waals surface area contributed by atoms with Gasteiger partial charge in [-0.1, -0.05) is 0 Å². The van der Waals surface area contributed by atoms with E-state index in [2.05, 4.69) is 9.88 Å². The molecule has 0 radical (unpaired) electrons. The van der Waals surface area contributed by atoms with Crippen molar-refractivity contribution in [2.45, 2.75) is 19.4 Å². The van der Waals surface area contributed by atoms with Gasteiger partial charge in [0.1, 0.15) is 10.7 Å². The molecule has 0 saturated carbocycles. The van der Waals surface area contributed by atoms with E-state index in [1.807, 2.05) is 6.92 Å². The molecule has 21 heavy (non-hydrogen) atoms. The largest absolute Gasteiger partial charge is 0.481 e. The Morgan fingerprint density at radius 2 is 2.10 bits per heavy atom. The van der Waals surface area contributed by atoms with Crippen molar-refractivity contribution in [2.24, 2.45) is 5.73 Å². The van der Waals surface area contributed by atoms with E-state index < -0.39 is 5.97 Å². The minimum Gasteiger partial charge on any atom is -0.481 e. The van der Waals surface area contributed by atoms with Crippen molar-refractivity contribution >= 4 is 23.2 Å². The van der Waals surface area contributed by atoms with E-state index in [0.717, 1.165) is 5.01 Å². The van der Waals surface area contributed by atoms with Gasteiger partial charge in [0.15, 0.2) is 0 Å². The van der Waals surface area contributed by atoms with Crippen LogP contribution in [0, 0.1) is 0 Å². The zero-order valence-electron chi connectivity index (χ0n) is 12.0. The number of hydrogen-bond acceptors (Lipinski definition) is 6. The van der Waals surface area contributed by atoms with Gasteiger partial charge in [0.2, 0.25) is 0 Å². The number of aliphatic carboxylic acids is 1. The molecule has 1 atom stereocenters. The van der Waals surface area contributed by atoms with Crippen LogP contribution in [0.2, 0.25) is 0 Å². The lowest BCUT2D eigenvalue weighted by atomic mass is 10.2. The molecule has 1 unspecified atom stereocenters. The van der Waals surface area contributed by atoms with E-state index in [1.165, 1.54) is 11.3 Å². The first kappa shape index (κ1) is 15.9. The average molecular weight is 312 g/mol. The Balaban J connectivity index is 1.86. The van der Waals surface area contributed by atoms with Crippen LogP contribution in [0.4, 0.5) is 0 Å². The number of thiazole rings is 1. The first-order valence-corrected chi connectivity index (χ1v) is 7.79. The topological polar surface area (TPSA) is 99.8 Å². The molecular weight excluding hydrogens is 292 g/mol. The molecule has 1 fully saturated rings. The lowest BCUT2D eigenvalue weighted by molar-refractivity contribution is -0.137. The number of carbonyl (C=O) groups is 2. The van der Waals surface area contributed by atoms with Crippen LogP contribution in [-0.4, -0.2) is 64.5 Å². The van der Waals surface area contributed by atoms with Crippen LogP contribution in [0.25, 0.3) is 0 Å². The third-order valence-corrected chi connectivity index (χ3v) is 4.48. The lowest BCUT2D eigenvalue weighted by Gasteiger charge is -2.34. The minimum atomic E-state index is -0.792. The Bertz CT molecular complexity index is 509. The average Bonchev–Trinajstić information content (AvgIpc) is 2.95. The molecule has 1 amide bonds. The molecule has 8 heteroatoms. The molecule has 1 aliphatic heterocycles. The summed E-state index contributed by atoms with van der Waals surface area (Å²) in [6.07, 6.45) is 0.137. The Morgan fingerprint density at radius 1 is 1.43 bits per heavy atom. The van der Waals surface area contributed by atoms with Crippen molar-refractivity contribution in [1.82, 2.24) is 14.8 Å². The van der Waals surface area contributed by atoms with Crippen molar-refractivity contribution in [2.75, 3.05) is 32.7 Å². The second-order valence-electron chi connectivity index (χ2n) is 5.14. The summed E-state index contributed by atoms with van der Waals surface area (Å²) < 4.78 is 0. The molecule has 0 bridgehead atoms. The Kier molecular flexibility index (Phi) is 5.27. The number of nitrogens with two attached hydrogens (primary N) is 1. The number of aromatic nitrogens is 1. The Labute approximate surface area is 127 Å². The van der Waals surface area contributed by atoms with Crippen molar-refractivity contribution in [3.05, 3.63) is 16.1 Å². The highest BCUT2D eigenvalue weighted by Crippen LogP contribution is 2.17. The molecule has 0 aliphatic carbocycles.